The fourth-order valence-electron chi connectivity index (χ4n) is 7.46. The maximum absolute atomic E-state index is 13.2. The van der Waals surface area contributed by atoms with E-state index >= 15 is 0 Å². The molecule has 0 saturated heterocycles. The number of nitrogens with zero attached hydrogens (tertiary/aromatic N) is 5. The number of rotatable bonds is 7. The van der Waals surface area contributed by atoms with Crippen LogP contribution in [0, 0.1) is 27.4 Å². The van der Waals surface area contributed by atoms with Gasteiger partial charge in [0.2, 0.25) is 5.91 Å². The number of benzene rings is 1. The van der Waals surface area contributed by atoms with Crippen LogP contribution in [0.15, 0.2) is 41.1 Å². The molecular formula is C25H25BrCl2N6O3. The first-order chi connectivity index (χ1) is 17.6. The third-order valence-electron chi connectivity index (χ3n) is 8.25. The zero-order valence-electron chi connectivity index (χ0n) is 19.9. The molecule has 9 nitrogen and oxygen atoms in total. The number of aromatic nitrogens is 4. The van der Waals surface area contributed by atoms with Crippen molar-refractivity contribution in [1.29, 1.82) is 0 Å². The Kier molecular flexibility index (Phi) is 6.12. The van der Waals surface area contributed by atoms with Crippen LogP contribution in [0.2, 0.25) is 10.0 Å². The Bertz CT molecular complexity index is 1390. The smallest absolute Gasteiger partial charge is 0.358 e. The topological polar surface area (TPSA) is 108 Å². The molecule has 1 amide bonds. The summed E-state index contributed by atoms with van der Waals surface area (Å²) in [5, 5.41) is 24.4. The molecule has 12 heteroatoms. The van der Waals surface area contributed by atoms with Crippen molar-refractivity contribution in [3.05, 3.63) is 66.9 Å². The molecule has 37 heavy (non-hydrogen) atoms. The average molecular weight is 608 g/mol. The van der Waals surface area contributed by atoms with Gasteiger partial charge in [-0.15, -0.1) is 0 Å². The molecule has 2 unspecified atom stereocenters. The summed E-state index contributed by atoms with van der Waals surface area (Å²) in [5.41, 5.74) is 0.470. The molecule has 1 aromatic carbocycles. The number of halogens is 3. The molecule has 4 fully saturated rings. The quantitative estimate of drug-likeness (QED) is 0.246. The Balaban J connectivity index is 1.16. The Hall–Kier alpha value is -2.43. The van der Waals surface area contributed by atoms with Crippen molar-refractivity contribution in [3.63, 3.8) is 0 Å². The predicted molar refractivity (Wildman–Crippen MR) is 143 cm³/mol. The second-order valence-electron chi connectivity index (χ2n) is 11.0. The zero-order chi connectivity index (χ0) is 25.9. The number of anilines is 1. The maximum Gasteiger partial charge on any atom is 0.404 e. The molecule has 3 aromatic rings. The number of carbonyl (C=O) groups is 1. The lowest BCUT2D eigenvalue weighted by atomic mass is 9.46. The number of hydrogen-bond donors (Lipinski definition) is 1. The van der Waals surface area contributed by atoms with E-state index in [0.29, 0.717) is 45.1 Å². The summed E-state index contributed by atoms with van der Waals surface area (Å²) in [6.45, 7) is 0.466. The van der Waals surface area contributed by atoms with Gasteiger partial charge in [0.1, 0.15) is 4.47 Å². The van der Waals surface area contributed by atoms with Gasteiger partial charge in [0, 0.05) is 28.7 Å². The van der Waals surface area contributed by atoms with Gasteiger partial charge in [-0.2, -0.15) is 9.78 Å². The lowest BCUT2D eigenvalue weighted by Gasteiger charge is -2.61. The van der Waals surface area contributed by atoms with Crippen LogP contribution in [-0.2, 0) is 16.9 Å². The highest BCUT2D eigenvalue weighted by Gasteiger charge is 2.60. The molecule has 1 N–H and O–H groups in total. The minimum absolute atomic E-state index is 0.0560. The van der Waals surface area contributed by atoms with Crippen molar-refractivity contribution in [2.75, 3.05) is 5.32 Å². The summed E-state index contributed by atoms with van der Waals surface area (Å²) < 4.78 is 3.95. The minimum atomic E-state index is -0.454. The third kappa shape index (κ3) is 4.68. The van der Waals surface area contributed by atoms with Gasteiger partial charge in [0.25, 0.3) is 0 Å². The Morgan fingerprint density at radius 2 is 1.95 bits per heavy atom. The van der Waals surface area contributed by atoms with Crippen LogP contribution in [-0.4, -0.2) is 30.4 Å². The first-order valence-corrected chi connectivity index (χ1v) is 13.8. The van der Waals surface area contributed by atoms with Crippen LogP contribution in [0.25, 0.3) is 0 Å². The normalized spacial score (nSPS) is 28.0. The lowest BCUT2D eigenvalue weighted by Crippen LogP contribution is -2.57. The van der Waals surface area contributed by atoms with Crippen molar-refractivity contribution in [3.8, 4) is 0 Å². The van der Waals surface area contributed by atoms with E-state index in [-0.39, 0.29) is 22.7 Å². The number of nitro groups is 1. The van der Waals surface area contributed by atoms with E-state index in [1.807, 2.05) is 16.9 Å². The third-order valence-corrected chi connectivity index (χ3v) is 9.40. The Morgan fingerprint density at radius 3 is 2.62 bits per heavy atom. The molecule has 4 bridgehead atoms. The summed E-state index contributed by atoms with van der Waals surface area (Å²) in [7, 11) is 0. The molecule has 2 atom stereocenters. The molecule has 2 aromatic heterocycles. The van der Waals surface area contributed by atoms with Crippen LogP contribution in [0.1, 0.15) is 50.5 Å². The van der Waals surface area contributed by atoms with Crippen molar-refractivity contribution in [2.24, 2.45) is 17.3 Å². The van der Waals surface area contributed by atoms with Crippen molar-refractivity contribution in [2.45, 2.75) is 57.0 Å². The van der Waals surface area contributed by atoms with Gasteiger partial charge in [-0.3, -0.25) is 9.48 Å². The van der Waals surface area contributed by atoms with E-state index in [4.69, 9.17) is 23.2 Å². The minimum Gasteiger partial charge on any atom is -0.358 e. The van der Waals surface area contributed by atoms with Crippen LogP contribution >= 0.6 is 39.1 Å². The van der Waals surface area contributed by atoms with Crippen LogP contribution < -0.4 is 5.32 Å². The molecule has 4 aliphatic rings. The molecule has 7 rings (SSSR count). The van der Waals surface area contributed by atoms with Crippen LogP contribution in [0.3, 0.4) is 0 Å². The maximum atomic E-state index is 13.2. The molecule has 4 aliphatic carbocycles. The van der Waals surface area contributed by atoms with E-state index in [0.717, 1.165) is 44.1 Å². The second kappa shape index (κ2) is 9.10. The fraction of sp³-hybridized carbons (Fsp3) is 0.480. The van der Waals surface area contributed by atoms with Gasteiger partial charge < -0.3 is 15.4 Å². The van der Waals surface area contributed by atoms with Crippen molar-refractivity contribution >= 4 is 56.7 Å². The van der Waals surface area contributed by atoms with Gasteiger partial charge in [-0.25, -0.2) is 0 Å². The molecule has 4 saturated carbocycles. The van der Waals surface area contributed by atoms with Gasteiger partial charge >= 0.3 is 5.82 Å². The van der Waals surface area contributed by atoms with E-state index in [1.54, 1.807) is 29.1 Å². The Labute approximate surface area is 231 Å². The Morgan fingerprint density at radius 1 is 1.19 bits per heavy atom. The fourth-order valence-corrected chi connectivity index (χ4v) is 8.34. The molecule has 194 valence electrons. The van der Waals surface area contributed by atoms with Crippen LogP contribution in [0.4, 0.5) is 11.6 Å². The first-order valence-electron chi connectivity index (χ1n) is 12.3. The number of hydrogen-bond acceptors (Lipinski definition) is 5. The summed E-state index contributed by atoms with van der Waals surface area (Å²) in [5.74, 6) is 1.29. The molecule has 0 aliphatic heterocycles. The summed E-state index contributed by atoms with van der Waals surface area (Å²) in [4.78, 5) is 24.2. The van der Waals surface area contributed by atoms with E-state index in [2.05, 4.69) is 31.4 Å². The number of amides is 1. The first kappa shape index (κ1) is 24.9. The van der Waals surface area contributed by atoms with Crippen molar-refractivity contribution in [1.82, 2.24) is 19.6 Å². The average Bonchev–Trinajstić information content (AvgIpc) is 3.41. The summed E-state index contributed by atoms with van der Waals surface area (Å²) in [6.07, 6.45) is 9.84. The SMILES string of the molecule is O=C(CC12CC3CC(C1)CC(n1cc(Br)c([N+](=O)[O-])n1)(C3)C2)Nc1ccn(Cc2ccc(Cl)cc2Cl)n1. The summed E-state index contributed by atoms with van der Waals surface area (Å²) >= 11 is 15.6. The highest BCUT2D eigenvalue weighted by Crippen LogP contribution is 2.65. The van der Waals surface area contributed by atoms with Gasteiger partial charge in [-0.1, -0.05) is 29.3 Å². The van der Waals surface area contributed by atoms with Gasteiger partial charge in [0.15, 0.2) is 5.82 Å². The zero-order valence-corrected chi connectivity index (χ0v) is 23.0. The highest BCUT2D eigenvalue weighted by molar-refractivity contribution is 9.10. The summed E-state index contributed by atoms with van der Waals surface area (Å²) in [6, 6.07) is 7.12. The number of nitrogens with one attached hydrogen (secondary N) is 1. The monoisotopic (exact) mass is 606 g/mol. The molecule has 0 spiro atoms. The van der Waals surface area contributed by atoms with Crippen LogP contribution in [0.5, 0.6) is 0 Å². The van der Waals surface area contributed by atoms with E-state index in [9.17, 15) is 14.9 Å². The lowest BCUT2D eigenvalue weighted by molar-refractivity contribution is -0.390. The predicted octanol–water partition coefficient (Wildman–Crippen LogP) is 6.43. The largest absolute Gasteiger partial charge is 0.404 e. The van der Waals surface area contributed by atoms with Gasteiger partial charge in [-0.05, 0) is 94.3 Å². The molecule has 0 radical (unpaired) electrons. The molecular weight excluding hydrogens is 583 g/mol. The van der Waals surface area contributed by atoms with Crippen molar-refractivity contribution < 1.29 is 9.72 Å². The highest BCUT2D eigenvalue weighted by atomic mass is 79.9. The van der Waals surface area contributed by atoms with E-state index in [1.165, 1.54) is 0 Å². The van der Waals surface area contributed by atoms with E-state index < -0.39 is 4.92 Å². The number of carbonyl (C=O) groups excluding carboxylic acids is 1. The van der Waals surface area contributed by atoms with Gasteiger partial charge in [0.05, 0.1) is 23.4 Å². The second-order valence-corrected chi connectivity index (χ2v) is 12.7. The standard InChI is InChI=1S/C25H25BrCl2N6O3/c26-19-13-33(31-23(19)34(36)37)25-9-15-5-16(10-25)8-24(7-15,14-25)11-22(35)29-21-3-4-32(30-21)12-17-1-2-18(27)6-20(17)28/h1-4,6,13,15-16H,5,7-12,14H2,(H,29,30,35). The molecule has 2 heterocycles.